The third-order valence-corrected chi connectivity index (χ3v) is 4.23. The molecule has 1 aliphatic heterocycles. The van der Waals surface area contributed by atoms with Crippen LogP contribution in [0.2, 0.25) is 0 Å². The van der Waals surface area contributed by atoms with Gasteiger partial charge in [0.15, 0.2) is 0 Å². The third-order valence-electron chi connectivity index (χ3n) is 4.23. The molecule has 22 heavy (non-hydrogen) atoms. The number of carbonyl (C=O) groups is 1. The fourth-order valence-electron chi connectivity index (χ4n) is 3.04. The van der Waals surface area contributed by atoms with Gasteiger partial charge in [0.05, 0.1) is 5.56 Å². The Kier molecular flexibility index (Phi) is 4.14. The summed E-state index contributed by atoms with van der Waals surface area (Å²) in [6, 6.07) is 14.0. The van der Waals surface area contributed by atoms with Crippen LogP contribution < -0.4 is 10.2 Å². The highest BCUT2D eigenvalue weighted by Gasteiger charge is 2.19. The molecule has 1 aliphatic rings. The van der Waals surface area contributed by atoms with Crippen molar-refractivity contribution in [2.24, 2.45) is 0 Å². The van der Waals surface area contributed by atoms with Crippen molar-refractivity contribution in [1.29, 1.82) is 0 Å². The van der Waals surface area contributed by atoms with E-state index >= 15 is 0 Å². The van der Waals surface area contributed by atoms with Gasteiger partial charge in [-0.2, -0.15) is 0 Å². The van der Waals surface area contributed by atoms with Crippen LogP contribution in [0.1, 0.15) is 34.3 Å². The van der Waals surface area contributed by atoms with Gasteiger partial charge in [0.2, 0.25) is 0 Å². The van der Waals surface area contributed by atoms with Crippen LogP contribution in [-0.2, 0) is 0 Å². The predicted octanol–water partition coefficient (Wildman–Crippen LogP) is 4.16. The van der Waals surface area contributed by atoms with E-state index in [1.54, 1.807) is 0 Å². The van der Waals surface area contributed by atoms with Gasteiger partial charge in [0.1, 0.15) is 0 Å². The van der Waals surface area contributed by atoms with Crippen molar-refractivity contribution in [2.75, 3.05) is 23.3 Å². The smallest absolute Gasteiger partial charge is 0.257 e. The highest BCUT2D eigenvalue weighted by atomic mass is 16.1. The van der Waals surface area contributed by atoms with Gasteiger partial charge >= 0.3 is 0 Å². The highest BCUT2D eigenvalue weighted by molar-refractivity contribution is 6.08. The molecule has 0 unspecified atom stereocenters. The predicted molar refractivity (Wildman–Crippen MR) is 91.8 cm³/mol. The number of anilines is 2. The van der Waals surface area contributed by atoms with E-state index in [1.165, 1.54) is 18.4 Å². The zero-order valence-electron chi connectivity index (χ0n) is 13.2. The second kappa shape index (κ2) is 6.22. The minimum Gasteiger partial charge on any atom is -0.371 e. The van der Waals surface area contributed by atoms with Crippen LogP contribution in [0, 0.1) is 13.8 Å². The fourth-order valence-corrected chi connectivity index (χ4v) is 3.04. The van der Waals surface area contributed by atoms with Crippen molar-refractivity contribution >= 4 is 17.3 Å². The van der Waals surface area contributed by atoms with Crippen LogP contribution in [0.3, 0.4) is 0 Å². The van der Waals surface area contributed by atoms with Crippen molar-refractivity contribution in [3.8, 4) is 0 Å². The van der Waals surface area contributed by atoms with Gasteiger partial charge in [-0.1, -0.05) is 29.8 Å². The highest BCUT2D eigenvalue weighted by Crippen LogP contribution is 2.26. The van der Waals surface area contributed by atoms with Gasteiger partial charge in [0.25, 0.3) is 5.91 Å². The van der Waals surface area contributed by atoms with Gasteiger partial charge in [0, 0.05) is 24.5 Å². The molecule has 114 valence electrons. The zero-order valence-corrected chi connectivity index (χ0v) is 13.2. The van der Waals surface area contributed by atoms with Crippen LogP contribution in [0.15, 0.2) is 42.5 Å². The number of aryl methyl sites for hydroxylation is 2. The van der Waals surface area contributed by atoms with Crippen molar-refractivity contribution in [3.05, 3.63) is 59.2 Å². The van der Waals surface area contributed by atoms with Crippen molar-refractivity contribution in [1.82, 2.24) is 0 Å². The first-order valence-electron chi connectivity index (χ1n) is 7.88. The molecule has 2 aromatic rings. The van der Waals surface area contributed by atoms with Crippen LogP contribution in [0.4, 0.5) is 11.4 Å². The van der Waals surface area contributed by atoms with E-state index in [0.717, 1.165) is 35.6 Å². The Bertz CT molecular complexity index is 688. The molecule has 1 heterocycles. The summed E-state index contributed by atoms with van der Waals surface area (Å²) in [5, 5.41) is 3.05. The molecule has 1 saturated heterocycles. The quantitative estimate of drug-likeness (QED) is 0.922. The molecule has 1 N–H and O–H groups in total. The Labute approximate surface area is 132 Å². The summed E-state index contributed by atoms with van der Waals surface area (Å²) < 4.78 is 0. The fraction of sp³-hybridized carbons (Fsp3) is 0.316. The van der Waals surface area contributed by atoms with E-state index < -0.39 is 0 Å². The molecule has 3 heteroatoms. The number of rotatable bonds is 3. The lowest BCUT2D eigenvalue weighted by molar-refractivity contribution is 0.102. The van der Waals surface area contributed by atoms with E-state index in [9.17, 15) is 4.79 Å². The number of para-hydroxylation sites is 1. The third kappa shape index (κ3) is 2.98. The molecular weight excluding hydrogens is 272 g/mol. The van der Waals surface area contributed by atoms with E-state index in [-0.39, 0.29) is 5.91 Å². The standard InChI is InChI=1S/C19H22N2O/c1-14-9-10-17(15(2)13-14)20-19(22)16-7-3-4-8-18(16)21-11-5-6-12-21/h3-4,7-10,13H,5-6,11-12H2,1-2H3,(H,20,22). The Morgan fingerprint density at radius 2 is 1.77 bits per heavy atom. The molecule has 1 fully saturated rings. The minimum atomic E-state index is -0.0329. The second-order valence-electron chi connectivity index (χ2n) is 5.98. The molecule has 3 rings (SSSR count). The molecule has 2 aromatic carbocycles. The summed E-state index contributed by atoms with van der Waals surface area (Å²) in [7, 11) is 0. The number of benzene rings is 2. The molecule has 3 nitrogen and oxygen atoms in total. The summed E-state index contributed by atoms with van der Waals surface area (Å²) >= 11 is 0. The van der Waals surface area contributed by atoms with E-state index in [1.807, 2.05) is 43.3 Å². The van der Waals surface area contributed by atoms with Gasteiger partial charge in [-0.15, -0.1) is 0 Å². The number of hydrogen-bond acceptors (Lipinski definition) is 2. The van der Waals surface area contributed by atoms with E-state index in [4.69, 9.17) is 0 Å². The molecule has 0 aliphatic carbocycles. The molecule has 0 bridgehead atoms. The number of amides is 1. The molecule has 1 amide bonds. The first-order valence-corrected chi connectivity index (χ1v) is 7.88. The summed E-state index contributed by atoms with van der Waals surface area (Å²) in [5.74, 6) is -0.0329. The van der Waals surface area contributed by atoms with Gasteiger partial charge in [-0.05, 0) is 50.5 Å². The molecule has 0 aromatic heterocycles. The maximum Gasteiger partial charge on any atom is 0.257 e. The lowest BCUT2D eigenvalue weighted by Crippen LogP contribution is -2.23. The topological polar surface area (TPSA) is 32.3 Å². The van der Waals surface area contributed by atoms with Gasteiger partial charge < -0.3 is 10.2 Å². The average Bonchev–Trinajstić information content (AvgIpc) is 3.04. The normalized spacial score (nSPS) is 14.2. The van der Waals surface area contributed by atoms with Crippen LogP contribution in [-0.4, -0.2) is 19.0 Å². The first kappa shape index (κ1) is 14.6. The summed E-state index contributed by atoms with van der Waals surface area (Å²) in [6.07, 6.45) is 2.40. The number of nitrogens with one attached hydrogen (secondary N) is 1. The van der Waals surface area contributed by atoms with Gasteiger partial charge in [-0.25, -0.2) is 0 Å². The monoisotopic (exact) mass is 294 g/mol. The van der Waals surface area contributed by atoms with Crippen LogP contribution in [0.5, 0.6) is 0 Å². The zero-order chi connectivity index (χ0) is 15.5. The van der Waals surface area contributed by atoms with E-state index in [0.29, 0.717) is 0 Å². The lowest BCUT2D eigenvalue weighted by Gasteiger charge is -2.21. The minimum absolute atomic E-state index is 0.0329. The summed E-state index contributed by atoms with van der Waals surface area (Å²) in [4.78, 5) is 15.0. The SMILES string of the molecule is Cc1ccc(NC(=O)c2ccccc2N2CCCC2)c(C)c1. The Balaban J connectivity index is 1.86. The van der Waals surface area contributed by atoms with Crippen molar-refractivity contribution in [3.63, 3.8) is 0 Å². The summed E-state index contributed by atoms with van der Waals surface area (Å²) in [6.45, 7) is 6.15. The average molecular weight is 294 g/mol. The second-order valence-corrected chi connectivity index (χ2v) is 5.98. The molecule has 0 spiro atoms. The molecule has 0 saturated carbocycles. The Morgan fingerprint density at radius 3 is 2.50 bits per heavy atom. The Hall–Kier alpha value is -2.29. The van der Waals surface area contributed by atoms with Gasteiger partial charge in [-0.3, -0.25) is 4.79 Å². The number of nitrogens with zero attached hydrogens (tertiary/aromatic N) is 1. The largest absolute Gasteiger partial charge is 0.371 e. The number of hydrogen-bond donors (Lipinski definition) is 1. The van der Waals surface area contributed by atoms with Crippen LogP contribution >= 0.6 is 0 Å². The maximum absolute atomic E-state index is 12.7. The summed E-state index contributed by atoms with van der Waals surface area (Å²) in [5.41, 5.74) is 4.97. The maximum atomic E-state index is 12.7. The Morgan fingerprint density at radius 1 is 1.05 bits per heavy atom. The number of carbonyl (C=O) groups excluding carboxylic acids is 1. The van der Waals surface area contributed by atoms with Crippen molar-refractivity contribution in [2.45, 2.75) is 26.7 Å². The molecule has 0 radical (unpaired) electrons. The van der Waals surface area contributed by atoms with Crippen LogP contribution in [0.25, 0.3) is 0 Å². The lowest BCUT2D eigenvalue weighted by atomic mass is 10.1. The molecular formula is C19H22N2O. The van der Waals surface area contributed by atoms with E-state index in [2.05, 4.69) is 23.2 Å². The van der Waals surface area contributed by atoms with Crippen molar-refractivity contribution < 1.29 is 4.79 Å². The first-order chi connectivity index (χ1) is 10.6. The molecule has 0 atom stereocenters.